The van der Waals surface area contributed by atoms with Gasteiger partial charge in [0.2, 0.25) is 0 Å². The van der Waals surface area contributed by atoms with Gasteiger partial charge in [0.05, 0.1) is 25.4 Å². The third kappa shape index (κ3) is 4.96. The number of rotatable bonds is 7. The van der Waals surface area contributed by atoms with Gasteiger partial charge in [-0.05, 0) is 36.1 Å². The quantitative estimate of drug-likeness (QED) is 0.455. The van der Waals surface area contributed by atoms with Crippen molar-refractivity contribution in [3.05, 3.63) is 48.0 Å². The third-order valence-electron chi connectivity index (χ3n) is 4.73. The average Bonchev–Trinajstić information content (AvgIpc) is 3.19. The van der Waals surface area contributed by atoms with E-state index >= 15 is 0 Å². The van der Waals surface area contributed by atoms with Crippen LogP contribution in [0.5, 0.6) is 0 Å². The van der Waals surface area contributed by atoms with Crippen molar-refractivity contribution in [2.75, 3.05) is 33.4 Å². The van der Waals surface area contributed by atoms with Gasteiger partial charge in [0.1, 0.15) is 0 Å². The Morgan fingerprint density at radius 3 is 2.92 bits per heavy atom. The topological polar surface area (TPSA) is 54.9 Å². The van der Waals surface area contributed by atoms with Crippen molar-refractivity contribution in [2.45, 2.75) is 31.9 Å². The van der Waals surface area contributed by atoms with E-state index in [1.807, 2.05) is 0 Å². The van der Waals surface area contributed by atoms with Gasteiger partial charge in [-0.25, -0.2) is 0 Å². The molecule has 0 aliphatic carbocycles. The van der Waals surface area contributed by atoms with Gasteiger partial charge in [-0.1, -0.05) is 42.5 Å². The highest BCUT2D eigenvalue weighted by molar-refractivity contribution is 5.87. The molecule has 2 aromatic rings. The Hall–Kier alpha value is -2.11. The molecule has 0 saturated carbocycles. The van der Waals surface area contributed by atoms with Crippen LogP contribution in [0.15, 0.2) is 47.5 Å². The smallest absolute Gasteiger partial charge is 0.191 e. The van der Waals surface area contributed by atoms with Gasteiger partial charge in [-0.15, -0.1) is 0 Å². The Labute approximate surface area is 155 Å². The Morgan fingerprint density at radius 1 is 1.27 bits per heavy atom. The molecule has 1 heterocycles. The van der Waals surface area contributed by atoms with E-state index in [1.54, 1.807) is 7.05 Å². The number of guanidine groups is 1. The van der Waals surface area contributed by atoms with Crippen LogP contribution in [0.1, 0.15) is 31.4 Å². The normalized spacial score (nSPS) is 18.8. The van der Waals surface area contributed by atoms with Gasteiger partial charge in [-0.3, -0.25) is 4.99 Å². The van der Waals surface area contributed by atoms with Crippen molar-refractivity contribution in [2.24, 2.45) is 4.99 Å². The summed E-state index contributed by atoms with van der Waals surface area (Å²) < 4.78 is 11.2. The molecule has 1 saturated heterocycles. The SMILES string of the molecule is CN=C(NCCOCC1CCCO1)NC(C)c1cccc2ccccc12. The average molecular weight is 355 g/mol. The van der Waals surface area contributed by atoms with Gasteiger partial charge in [0.25, 0.3) is 0 Å². The molecule has 26 heavy (non-hydrogen) atoms. The minimum atomic E-state index is 0.153. The Balaban J connectivity index is 1.48. The lowest BCUT2D eigenvalue weighted by Crippen LogP contribution is -2.40. The third-order valence-corrected chi connectivity index (χ3v) is 4.73. The highest BCUT2D eigenvalue weighted by atomic mass is 16.5. The zero-order valence-corrected chi connectivity index (χ0v) is 15.7. The lowest BCUT2D eigenvalue weighted by Gasteiger charge is -2.20. The lowest BCUT2D eigenvalue weighted by atomic mass is 10.00. The van der Waals surface area contributed by atoms with Crippen LogP contribution < -0.4 is 10.6 Å². The van der Waals surface area contributed by atoms with Gasteiger partial charge in [-0.2, -0.15) is 0 Å². The summed E-state index contributed by atoms with van der Waals surface area (Å²) in [5, 5.41) is 9.31. The van der Waals surface area contributed by atoms with E-state index in [2.05, 4.69) is 65.0 Å². The van der Waals surface area contributed by atoms with E-state index < -0.39 is 0 Å². The maximum absolute atomic E-state index is 5.69. The summed E-state index contributed by atoms with van der Waals surface area (Å²) >= 11 is 0. The van der Waals surface area contributed by atoms with Crippen LogP contribution in [0.3, 0.4) is 0 Å². The summed E-state index contributed by atoms with van der Waals surface area (Å²) in [6.45, 7) is 5.06. The first-order valence-electron chi connectivity index (χ1n) is 9.42. The standard InChI is InChI=1S/C21H29N3O2/c1-16(19-11-5-8-17-7-3-4-10-20(17)19)24-21(22-2)23-12-14-25-15-18-9-6-13-26-18/h3-5,7-8,10-11,16,18H,6,9,12-15H2,1-2H3,(H2,22,23,24). The number of nitrogens with zero attached hydrogens (tertiary/aromatic N) is 1. The predicted molar refractivity (Wildman–Crippen MR) is 107 cm³/mol. The maximum atomic E-state index is 5.69. The number of hydrogen-bond acceptors (Lipinski definition) is 3. The van der Waals surface area contributed by atoms with Crippen LogP contribution in [-0.4, -0.2) is 45.5 Å². The zero-order valence-electron chi connectivity index (χ0n) is 15.7. The van der Waals surface area contributed by atoms with Crippen LogP contribution in [0, 0.1) is 0 Å². The Kier molecular flexibility index (Phi) is 6.86. The van der Waals surface area contributed by atoms with E-state index in [1.165, 1.54) is 16.3 Å². The van der Waals surface area contributed by atoms with Crippen molar-refractivity contribution < 1.29 is 9.47 Å². The molecule has 0 aromatic heterocycles. The summed E-state index contributed by atoms with van der Waals surface area (Å²) in [5.74, 6) is 0.783. The molecule has 5 nitrogen and oxygen atoms in total. The summed E-state index contributed by atoms with van der Waals surface area (Å²) in [7, 11) is 1.79. The molecule has 0 spiro atoms. The highest BCUT2D eigenvalue weighted by Gasteiger charge is 2.15. The van der Waals surface area contributed by atoms with E-state index in [4.69, 9.17) is 9.47 Å². The van der Waals surface area contributed by atoms with Crippen LogP contribution in [0.4, 0.5) is 0 Å². The molecule has 1 aliphatic rings. The van der Waals surface area contributed by atoms with E-state index in [0.717, 1.165) is 25.4 Å². The lowest BCUT2D eigenvalue weighted by molar-refractivity contribution is 0.0191. The molecule has 2 atom stereocenters. The zero-order chi connectivity index (χ0) is 18.2. The first kappa shape index (κ1) is 18.7. The molecular formula is C21H29N3O2. The fourth-order valence-electron chi connectivity index (χ4n) is 3.34. The fourth-order valence-corrected chi connectivity index (χ4v) is 3.34. The Bertz CT molecular complexity index is 721. The maximum Gasteiger partial charge on any atom is 0.191 e. The highest BCUT2D eigenvalue weighted by Crippen LogP contribution is 2.23. The summed E-state index contributed by atoms with van der Waals surface area (Å²) in [6.07, 6.45) is 2.53. The molecule has 2 unspecified atom stereocenters. The molecular weight excluding hydrogens is 326 g/mol. The summed E-state index contributed by atoms with van der Waals surface area (Å²) in [5.41, 5.74) is 1.26. The molecule has 1 fully saturated rings. The summed E-state index contributed by atoms with van der Waals surface area (Å²) in [4.78, 5) is 4.32. The second-order valence-corrected chi connectivity index (χ2v) is 6.64. The van der Waals surface area contributed by atoms with Crippen molar-refractivity contribution in [1.29, 1.82) is 0 Å². The number of fused-ring (bicyclic) bond motifs is 1. The molecule has 5 heteroatoms. The van der Waals surface area contributed by atoms with Crippen molar-refractivity contribution in [1.82, 2.24) is 10.6 Å². The van der Waals surface area contributed by atoms with Gasteiger partial charge in [0.15, 0.2) is 5.96 Å². The minimum absolute atomic E-state index is 0.153. The van der Waals surface area contributed by atoms with E-state index in [9.17, 15) is 0 Å². The van der Waals surface area contributed by atoms with Gasteiger partial charge < -0.3 is 20.1 Å². The number of benzene rings is 2. The minimum Gasteiger partial charge on any atom is -0.377 e. The van der Waals surface area contributed by atoms with Crippen LogP contribution in [0.2, 0.25) is 0 Å². The molecule has 140 valence electrons. The van der Waals surface area contributed by atoms with Crippen LogP contribution in [0.25, 0.3) is 10.8 Å². The molecule has 2 N–H and O–H groups in total. The van der Waals surface area contributed by atoms with E-state index in [-0.39, 0.29) is 12.1 Å². The number of hydrogen-bond donors (Lipinski definition) is 2. The van der Waals surface area contributed by atoms with Gasteiger partial charge in [0, 0.05) is 20.2 Å². The molecule has 3 rings (SSSR count). The molecule has 1 aliphatic heterocycles. The van der Waals surface area contributed by atoms with E-state index in [0.29, 0.717) is 19.8 Å². The second-order valence-electron chi connectivity index (χ2n) is 6.64. The molecule has 0 amide bonds. The van der Waals surface area contributed by atoms with Crippen LogP contribution in [-0.2, 0) is 9.47 Å². The number of nitrogens with one attached hydrogen (secondary N) is 2. The summed E-state index contributed by atoms with van der Waals surface area (Å²) in [6, 6.07) is 15.0. The molecule has 0 bridgehead atoms. The first-order chi connectivity index (χ1) is 12.8. The fraction of sp³-hybridized carbons (Fsp3) is 0.476. The van der Waals surface area contributed by atoms with Gasteiger partial charge >= 0.3 is 0 Å². The predicted octanol–water partition coefficient (Wildman–Crippen LogP) is 3.26. The van der Waals surface area contributed by atoms with Crippen molar-refractivity contribution in [3.63, 3.8) is 0 Å². The molecule has 0 radical (unpaired) electrons. The number of aliphatic imine (C=N–C) groups is 1. The van der Waals surface area contributed by atoms with Crippen molar-refractivity contribution >= 4 is 16.7 Å². The Morgan fingerprint density at radius 2 is 2.12 bits per heavy atom. The first-order valence-corrected chi connectivity index (χ1v) is 9.42. The monoisotopic (exact) mass is 355 g/mol. The largest absolute Gasteiger partial charge is 0.377 e. The van der Waals surface area contributed by atoms with Crippen molar-refractivity contribution in [3.8, 4) is 0 Å². The van der Waals surface area contributed by atoms with Crippen LogP contribution >= 0.6 is 0 Å². The number of ether oxygens (including phenoxy) is 2. The molecule has 2 aromatic carbocycles. The second kappa shape index (κ2) is 9.55.